The number of nitrogens with zero attached hydrogens (tertiary/aromatic N) is 1. The van der Waals surface area contributed by atoms with E-state index in [4.69, 9.17) is 9.72 Å². The van der Waals surface area contributed by atoms with Crippen LogP contribution in [0.25, 0.3) is 0 Å². The zero-order valence-electron chi connectivity index (χ0n) is 11.5. The number of thiazole rings is 1. The topological polar surface area (TPSA) is 34.1 Å². The van der Waals surface area contributed by atoms with Crippen LogP contribution in [0.1, 0.15) is 57.3 Å². The first-order valence-corrected chi connectivity index (χ1v) is 7.26. The van der Waals surface area contributed by atoms with Gasteiger partial charge in [-0.05, 0) is 33.7 Å². The molecule has 1 heterocycles. The molecule has 1 N–H and O–H groups in total. The van der Waals surface area contributed by atoms with Gasteiger partial charge in [0, 0.05) is 18.0 Å². The van der Waals surface area contributed by atoms with Gasteiger partial charge in [-0.1, -0.05) is 13.8 Å². The smallest absolute Gasteiger partial charge is 0.125 e. The maximum absolute atomic E-state index is 5.85. The van der Waals surface area contributed by atoms with Crippen molar-refractivity contribution in [1.82, 2.24) is 10.3 Å². The molecule has 0 spiro atoms. The number of hydrogen-bond donors (Lipinski definition) is 1. The molecule has 1 aromatic rings. The number of nitrogens with one attached hydrogen (secondary N) is 1. The van der Waals surface area contributed by atoms with Crippen molar-refractivity contribution in [1.29, 1.82) is 0 Å². The van der Waals surface area contributed by atoms with Gasteiger partial charge in [0.25, 0.3) is 0 Å². The highest BCUT2D eigenvalue weighted by Crippen LogP contribution is 2.32. The SMILES string of the molecule is CCOC(C)(CC)c1nc(C(CC)NC)cs1. The van der Waals surface area contributed by atoms with Gasteiger partial charge in [0.05, 0.1) is 5.69 Å². The Hall–Kier alpha value is -0.450. The van der Waals surface area contributed by atoms with Crippen LogP contribution in [0.15, 0.2) is 5.38 Å². The highest BCUT2D eigenvalue weighted by atomic mass is 32.1. The summed E-state index contributed by atoms with van der Waals surface area (Å²) in [5.41, 5.74) is 0.901. The van der Waals surface area contributed by atoms with E-state index in [2.05, 4.69) is 31.5 Å². The van der Waals surface area contributed by atoms with E-state index in [-0.39, 0.29) is 5.60 Å². The van der Waals surface area contributed by atoms with Crippen molar-refractivity contribution in [2.45, 2.75) is 52.2 Å². The summed E-state index contributed by atoms with van der Waals surface area (Å²) in [6.45, 7) is 9.20. The summed E-state index contributed by atoms with van der Waals surface area (Å²) in [5, 5.41) is 6.52. The molecule has 2 atom stereocenters. The predicted octanol–water partition coefficient (Wildman–Crippen LogP) is 3.48. The molecule has 0 radical (unpaired) electrons. The van der Waals surface area contributed by atoms with E-state index < -0.39 is 0 Å². The van der Waals surface area contributed by atoms with Crippen LogP contribution in [0.4, 0.5) is 0 Å². The standard InChI is InChI=1S/C13H24N2OS/c1-6-10(14-5)11-9-17-12(15-11)13(4,7-2)16-8-3/h9-10,14H,6-8H2,1-5H3. The minimum Gasteiger partial charge on any atom is -0.368 e. The van der Waals surface area contributed by atoms with E-state index in [0.717, 1.165) is 30.2 Å². The molecule has 0 aliphatic heterocycles. The van der Waals surface area contributed by atoms with Gasteiger partial charge in [-0.2, -0.15) is 0 Å². The van der Waals surface area contributed by atoms with E-state index in [0.29, 0.717) is 6.04 Å². The largest absolute Gasteiger partial charge is 0.368 e. The molecule has 0 aliphatic carbocycles. The molecule has 17 heavy (non-hydrogen) atoms. The molecule has 3 nitrogen and oxygen atoms in total. The van der Waals surface area contributed by atoms with Gasteiger partial charge >= 0.3 is 0 Å². The quantitative estimate of drug-likeness (QED) is 0.811. The Morgan fingerprint density at radius 2 is 2.18 bits per heavy atom. The second-order valence-corrected chi connectivity index (χ2v) is 5.20. The lowest BCUT2D eigenvalue weighted by atomic mass is 10.0. The van der Waals surface area contributed by atoms with Crippen molar-refractivity contribution in [3.8, 4) is 0 Å². The lowest BCUT2D eigenvalue weighted by Gasteiger charge is -2.25. The third-order valence-electron chi connectivity index (χ3n) is 3.23. The molecule has 0 saturated heterocycles. The Kier molecular flexibility index (Phi) is 5.56. The van der Waals surface area contributed by atoms with Crippen LogP contribution in [0.2, 0.25) is 0 Å². The first-order valence-electron chi connectivity index (χ1n) is 6.38. The molecule has 0 aromatic carbocycles. The Morgan fingerprint density at radius 3 is 2.65 bits per heavy atom. The van der Waals surface area contributed by atoms with Crippen LogP contribution >= 0.6 is 11.3 Å². The van der Waals surface area contributed by atoms with E-state index in [1.54, 1.807) is 11.3 Å². The number of aromatic nitrogens is 1. The van der Waals surface area contributed by atoms with Crippen LogP contribution in [-0.2, 0) is 10.3 Å². The lowest BCUT2D eigenvalue weighted by Crippen LogP contribution is -2.25. The van der Waals surface area contributed by atoms with E-state index >= 15 is 0 Å². The fourth-order valence-electron chi connectivity index (χ4n) is 1.88. The second kappa shape index (κ2) is 6.47. The summed E-state index contributed by atoms with van der Waals surface area (Å²) >= 11 is 1.70. The van der Waals surface area contributed by atoms with E-state index in [9.17, 15) is 0 Å². The molecule has 98 valence electrons. The van der Waals surface area contributed by atoms with Gasteiger partial charge < -0.3 is 10.1 Å². The van der Waals surface area contributed by atoms with Gasteiger partial charge in [-0.3, -0.25) is 0 Å². The average Bonchev–Trinajstić information content (AvgIpc) is 2.81. The van der Waals surface area contributed by atoms with Crippen LogP contribution in [0, 0.1) is 0 Å². The average molecular weight is 256 g/mol. The zero-order chi connectivity index (χ0) is 12.9. The Balaban J connectivity index is 2.92. The molecule has 2 unspecified atom stereocenters. The maximum atomic E-state index is 5.85. The van der Waals surface area contributed by atoms with E-state index in [1.165, 1.54) is 0 Å². The molecule has 4 heteroatoms. The van der Waals surface area contributed by atoms with Crippen molar-refractivity contribution < 1.29 is 4.74 Å². The van der Waals surface area contributed by atoms with E-state index in [1.807, 2.05) is 14.0 Å². The molecule has 0 aliphatic rings. The number of rotatable bonds is 7. The zero-order valence-corrected chi connectivity index (χ0v) is 12.4. The van der Waals surface area contributed by atoms with Crippen LogP contribution in [0.5, 0.6) is 0 Å². The normalized spacial score (nSPS) is 16.8. The Labute approximate surface area is 109 Å². The summed E-state index contributed by atoms with van der Waals surface area (Å²) in [7, 11) is 1.98. The molecular formula is C13H24N2OS. The summed E-state index contributed by atoms with van der Waals surface area (Å²) in [5.74, 6) is 0. The van der Waals surface area contributed by atoms with Gasteiger partial charge in [-0.15, -0.1) is 11.3 Å². The highest BCUT2D eigenvalue weighted by Gasteiger charge is 2.29. The van der Waals surface area contributed by atoms with Crippen molar-refractivity contribution in [3.05, 3.63) is 16.1 Å². The predicted molar refractivity (Wildman–Crippen MR) is 73.5 cm³/mol. The maximum Gasteiger partial charge on any atom is 0.125 e. The monoisotopic (exact) mass is 256 g/mol. The van der Waals surface area contributed by atoms with Crippen molar-refractivity contribution >= 4 is 11.3 Å². The fraction of sp³-hybridized carbons (Fsp3) is 0.769. The molecular weight excluding hydrogens is 232 g/mol. The molecule has 1 rings (SSSR count). The Morgan fingerprint density at radius 1 is 1.47 bits per heavy atom. The number of ether oxygens (including phenoxy) is 1. The summed E-state index contributed by atoms with van der Waals surface area (Å²) in [4.78, 5) is 4.74. The minimum atomic E-state index is -0.232. The number of hydrogen-bond acceptors (Lipinski definition) is 4. The minimum absolute atomic E-state index is 0.232. The van der Waals surface area contributed by atoms with Gasteiger partial charge in [-0.25, -0.2) is 4.98 Å². The third kappa shape index (κ3) is 3.27. The van der Waals surface area contributed by atoms with Gasteiger partial charge in [0.1, 0.15) is 10.6 Å². The molecule has 0 bridgehead atoms. The van der Waals surface area contributed by atoms with Gasteiger partial charge in [0.15, 0.2) is 0 Å². The van der Waals surface area contributed by atoms with Crippen LogP contribution in [-0.4, -0.2) is 18.6 Å². The van der Waals surface area contributed by atoms with Crippen molar-refractivity contribution in [2.24, 2.45) is 0 Å². The van der Waals surface area contributed by atoms with Crippen LogP contribution in [0.3, 0.4) is 0 Å². The highest BCUT2D eigenvalue weighted by molar-refractivity contribution is 7.09. The molecule has 0 amide bonds. The Bertz CT molecular complexity index is 336. The van der Waals surface area contributed by atoms with Crippen molar-refractivity contribution in [3.63, 3.8) is 0 Å². The summed E-state index contributed by atoms with van der Waals surface area (Å²) in [6, 6.07) is 0.350. The second-order valence-electron chi connectivity index (χ2n) is 4.34. The molecule has 0 fully saturated rings. The lowest BCUT2D eigenvalue weighted by molar-refractivity contribution is -0.0325. The third-order valence-corrected chi connectivity index (χ3v) is 4.33. The van der Waals surface area contributed by atoms with Gasteiger partial charge in [0.2, 0.25) is 0 Å². The first-order chi connectivity index (χ1) is 8.11. The fourth-order valence-corrected chi connectivity index (χ4v) is 2.94. The van der Waals surface area contributed by atoms with Crippen molar-refractivity contribution in [2.75, 3.05) is 13.7 Å². The summed E-state index contributed by atoms with van der Waals surface area (Å²) < 4.78 is 5.85. The first kappa shape index (κ1) is 14.6. The molecule has 0 saturated carbocycles. The van der Waals surface area contributed by atoms with Crippen LogP contribution < -0.4 is 5.32 Å². The summed E-state index contributed by atoms with van der Waals surface area (Å²) in [6.07, 6.45) is 2.00. The molecule has 1 aromatic heterocycles.